The van der Waals surface area contributed by atoms with Crippen LogP contribution in [0.3, 0.4) is 0 Å². The third-order valence-electron chi connectivity index (χ3n) is 2.77. The zero-order valence-electron chi connectivity index (χ0n) is 9.54. The Labute approximate surface area is 108 Å². The predicted octanol–water partition coefficient (Wildman–Crippen LogP) is 1.85. The van der Waals surface area contributed by atoms with Gasteiger partial charge >= 0.3 is 5.97 Å². The first-order valence-corrected chi connectivity index (χ1v) is 6.60. The van der Waals surface area contributed by atoms with E-state index in [9.17, 15) is 14.9 Å². The second kappa shape index (κ2) is 5.26. The minimum atomic E-state index is -1.13. The minimum absolute atomic E-state index is 0.00361. The number of para-hydroxylation sites is 1. The van der Waals surface area contributed by atoms with Crippen LogP contribution in [0.25, 0.3) is 0 Å². The smallest absolute Gasteiger partial charge is 0.338 e. The molecule has 0 atom stereocenters. The maximum absolute atomic E-state index is 11.2. The quantitative estimate of drug-likeness (QED) is 0.665. The van der Waals surface area contributed by atoms with Crippen molar-refractivity contribution in [3.63, 3.8) is 0 Å². The van der Waals surface area contributed by atoms with E-state index in [0.717, 1.165) is 11.5 Å². The van der Waals surface area contributed by atoms with E-state index in [0.29, 0.717) is 13.1 Å². The summed E-state index contributed by atoms with van der Waals surface area (Å²) in [5, 5.41) is 20.2. The highest BCUT2D eigenvalue weighted by molar-refractivity contribution is 7.99. The minimum Gasteiger partial charge on any atom is -0.478 e. The third-order valence-corrected chi connectivity index (χ3v) is 3.71. The Morgan fingerprint density at radius 3 is 2.61 bits per heavy atom. The lowest BCUT2D eigenvalue weighted by molar-refractivity contribution is -0.384. The highest BCUT2D eigenvalue weighted by Gasteiger charge is 2.27. The standard InChI is InChI=1S/C11H12N2O4S/c14-11(15)8-2-1-3-9(13(16)17)10(8)12-4-6-18-7-5-12/h1-3H,4-7H2,(H,14,15). The van der Waals surface area contributed by atoms with Gasteiger partial charge in [0.25, 0.3) is 5.69 Å². The van der Waals surface area contributed by atoms with Crippen LogP contribution in [0.1, 0.15) is 10.4 Å². The number of carboxylic acid groups (broad SMARTS) is 1. The molecule has 0 unspecified atom stereocenters. The van der Waals surface area contributed by atoms with Crippen LogP contribution in [-0.4, -0.2) is 40.6 Å². The number of nitrogens with zero attached hydrogens (tertiary/aromatic N) is 2. The maximum Gasteiger partial charge on any atom is 0.338 e. The van der Waals surface area contributed by atoms with E-state index >= 15 is 0 Å². The van der Waals surface area contributed by atoms with Gasteiger partial charge in [-0.2, -0.15) is 11.8 Å². The van der Waals surface area contributed by atoms with Gasteiger partial charge in [-0.3, -0.25) is 10.1 Å². The summed E-state index contributed by atoms with van der Waals surface area (Å²) in [7, 11) is 0. The van der Waals surface area contributed by atoms with Crippen molar-refractivity contribution in [2.24, 2.45) is 0 Å². The molecule has 0 radical (unpaired) electrons. The van der Waals surface area contributed by atoms with Crippen molar-refractivity contribution in [2.75, 3.05) is 29.5 Å². The molecule has 6 nitrogen and oxygen atoms in total. The zero-order valence-corrected chi connectivity index (χ0v) is 10.4. The summed E-state index contributed by atoms with van der Waals surface area (Å²) in [4.78, 5) is 23.5. The van der Waals surface area contributed by atoms with E-state index in [-0.39, 0.29) is 16.9 Å². The molecule has 2 rings (SSSR count). The van der Waals surface area contributed by atoms with Crippen molar-refractivity contribution in [1.82, 2.24) is 0 Å². The van der Waals surface area contributed by atoms with E-state index in [1.165, 1.54) is 18.2 Å². The van der Waals surface area contributed by atoms with Crippen molar-refractivity contribution in [1.29, 1.82) is 0 Å². The lowest BCUT2D eigenvalue weighted by atomic mass is 10.1. The van der Waals surface area contributed by atoms with E-state index in [4.69, 9.17) is 5.11 Å². The lowest BCUT2D eigenvalue weighted by Crippen LogP contribution is -2.34. The van der Waals surface area contributed by atoms with Gasteiger partial charge < -0.3 is 10.0 Å². The van der Waals surface area contributed by atoms with Gasteiger partial charge in [0, 0.05) is 30.7 Å². The topological polar surface area (TPSA) is 83.7 Å². The van der Waals surface area contributed by atoms with E-state index in [1.807, 2.05) is 0 Å². The highest BCUT2D eigenvalue weighted by atomic mass is 32.2. The molecule has 1 aromatic carbocycles. The molecule has 1 saturated heterocycles. The number of nitro benzene ring substituents is 1. The average Bonchev–Trinajstić information content (AvgIpc) is 2.38. The molecule has 1 heterocycles. The molecule has 1 fully saturated rings. The van der Waals surface area contributed by atoms with E-state index in [1.54, 1.807) is 16.7 Å². The van der Waals surface area contributed by atoms with Crippen molar-refractivity contribution in [2.45, 2.75) is 0 Å². The summed E-state index contributed by atoms with van der Waals surface area (Å²) < 4.78 is 0. The van der Waals surface area contributed by atoms with Gasteiger partial charge in [0.15, 0.2) is 0 Å². The Kier molecular flexibility index (Phi) is 3.71. The van der Waals surface area contributed by atoms with Crippen molar-refractivity contribution in [3.8, 4) is 0 Å². The van der Waals surface area contributed by atoms with Crippen molar-refractivity contribution >= 4 is 29.1 Å². The second-order valence-electron chi connectivity index (χ2n) is 3.83. The number of rotatable bonds is 3. The monoisotopic (exact) mass is 268 g/mol. The number of thioether (sulfide) groups is 1. The second-order valence-corrected chi connectivity index (χ2v) is 5.06. The Balaban J connectivity index is 2.52. The maximum atomic E-state index is 11.2. The molecule has 1 aliphatic heterocycles. The van der Waals surface area contributed by atoms with Crippen LogP contribution in [0.4, 0.5) is 11.4 Å². The Morgan fingerprint density at radius 2 is 2.06 bits per heavy atom. The first-order valence-electron chi connectivity index (χ1n) is 5.44. The van der Waals surface area contributed by atoms with Crippen molar-refractivity contribution < 1.29 is 14.8 Å². The van der Waals surface area contributed by atoms with Crippen LogP contribution in [-0.2, 0) is 0 Å². The number of nitro groups is 1. The van der Waals surface area contributed by atoms with Gasteiger partial charge in [0.05, 0.1) is 10.5 Å². The van der Waals surface area contributed by atoms with Crippen molar-refractivity contribution in [3.05, 3.63) is 33.9 Å². The molecule has 96 valence electrons. The predicted molar refractivity (Wildman–Crippen MR) is 69.6 cm³/mol. The Morgan fingerprint density at radius 1 is 1.39 bits per heavy atom. The third kappa shape index (κ3) is 2.40. The number of aromatic carboxylic acids is 1. The van der Waals surface area contributed by atoms with Gasteiger partial charge in [-0.1, -0.05) is 6.07 Å². The molecule has 0 aromatic heterocycles. The van der Waals surface area contributed by atoms with Crippen LogP contribution in [0.2, 0.25) is 0 Å². The molecular weight excluding hydrogens is 256 g/mol. The number of benzene rings is 1. The molecule has 0 saturated carbocycles. The Hall–Kier alpha value is -1.76. The van der Waals surface area contributed by atoms with Gasteiger partial charge in [-0.05, 0) is 6.07 Å². The van der Waals surface area contributed by atoms with E-state index < -0.39 is 10.9 Å². The molecule has 1 N–H and O–H groups in total. The summed E-state index contributed by atoms with van der Waals surface area (Å²) in [6.45, 7) is 1.27. The zero-order chi connectivity index (χ0) is 13.1. The van der Waals surface area contributed by atoms with Crippen LogP contribution >= 0.6 is 11.8 Å². The fourth-order valence-electron chi connectivity index (χ4n) is 1.97. The number of hydrogen-bond donors (Lipinski definition) is 1. The summed E-state index contributed by atoms with van der Waals surface area (Å²) in [5.74, 6) is 0.572. The molecular formula is C11H12N2O4S. The van der Waals surface area contributed by atoms with Gasteiger partial charge in [-0.25, -0.2) is 4.79 Å². The van der Waals surface area contributed by atoms with Crippen LogP contribution in [0, 0.1) is 10.1 Å². The van der Waals surface area contributed by atoms with Crippen LogP contribution < -0.4 is 4.90 Å². The first-order chi connectivity index (χ1) is 8.61. The molecule has 0 bridgehead atoms. The van der Waals surface area contributed by atoms with Crippen LogP contribution in [0.15, 0.2) is 18.2 Å². The SMILES string of the molecule is O=C(O)c1cccc([N+](=O)[O-])c1N1CCSCC1. The fourth-order valence-corrected chi connectivity index (χ4v) is 2.87. The summed E-state index contributed by atoms with van der Waals surface area (Å²) in [6.07, 6.45) is 0. The number of carbonyl (C=O) groups is 1. The number of anilines is 1. The molecule has 1 aliphatic rings. The van der Waals surface area contributed by atoms with E-state index in [2.05, 4.69) is 0 Å². The first kappa shape index (κ1) is 12.7. The molecule has 0 amide bonds. The molecule has 18 heavy (non-hydrogen) atoms. The van der Waals surface area contributed by atoms with Crippen LogP contribution in [0.5, 0.6) is 0 Å². The molecule has 1 aromatic rings. The molecule has 0 spiro atoms. The van der Waals surface area contributed by atoms with Gasteiger partial charge in [0.2, 0.25) is 0 Å². The summed E-state index contributed by atoms with van der Waals surface area (Å²) in [6, 6.07) is 4.17. The lowest BCUT2D eigenvalue weighted by Gasteiger charge is -2.29. The fraction of sp³-hybridized carbons (Fsp3) is 0.364. The Bertz CT molecular complexity index is 454. The normalized spacial score (nSPS) is 15.4. The molecule has 7 heteroatoms. The van der Waals surface area contributed by atoms with Gasteiger partial charge in [0.1, 0.15) is 5.69 Å². The highest BCUT2D eigenvalue weighted by Crippen LogP contribution is 2.33. The number of hydrogen-bond acceptors (Lipinski definition) is 5. The number of carboxylic acids is 1. The average molecular weight is 268 g/mol. The molecule has 0 aliphatic carbocycles. The largest absolute Gasteiger partial charge is 0.478 e. The summed E-state index contributed by atoms with van der Waals surface area (Å²) >= 11 is 1.76. The van der Waals surface area contributed by atoms with Gasteiger partial charge in [-0.15, -0.1) is 0 Å². The summed E-state index contributed by atoms with van der Waals surface area (Å²) in [5.41, 5.74) is 0.0909.